The molecule has 3 unspecified atom stereocenters. The van der Waals surface area contributed by atoms with Crippen LogP contribution in [0.4, 0.5) is 0 Å². The van der Waals surface area contributed by atoms with Gasteiger partial charge in [-0.25, -0.2) is 0 Å². The SMILES string of the molecule is Cc1ccc(CC2C(=O)C3(C)CCC2C3(C)C)cc1. The first-order valence-corrected chi connectivity index (χ1v) is 7.46. The number of carbonyl (C=O) groups is 1. The number of Topliss-reactive ketones (excluding diaryl/α,β-unsaturated/α-hetero) is 1. The molecule has 1 nitrogen and oxygen atoms in total. The first kappa shape index (κ1) is 12.9. The molecule has 2 saturated carbocycles. The molecule has 2 aliphatic rings. The summed E-state index contributed by atoms with van der Waals surface area (Å²) in [7, 11) is 0. The Morgan fingerprint density at radius 1 is 1.16 bits per heavy atom. The molecule has 2 fully saturated rings. The van der Waals surface area contributed by atoms with Gasteiger partial charge in [0.2, 0.25) is 0 Å². The summed E-state index contributed by atoms with van der Waals surface area (Å²) < 4.78 is 0. The van der Waals surface area contributed by atoms with E-state index in [1.165, 1.54) is 17.5 Å². The second-order valence-electron chi connectivity index (χ2n) is 7.36. The first-order valence-electron chi connectivity index (χ1n) is 7.46. The molecule has 2 aliphatic carbocycles. The normalized spacial score (nSPS) is 35.9. The van der Waals surface area contributed by atoms with E-state index in [9.17, 15) is 4.79 Å². The zero-order valence-electron chi connectivity index (χ0n) is 12.5. The van der Waals surface area contributed by atoms with Gasteiger partial charge < -0.3 is 0 Å². The Balaban J connectivity index is 1.88. The molecule has 102 valence electrons. The van der Waals surface area contributed by atoms with Crippen LogP contribution in [0, 0.1) is 29.6 Å². The van der Waals surface area contributed by atoms with Gasteiger partial charge >= 0.3 is 0 Å². The minimum Gasteiger partial charge on any atom is -0.299 e. The average molecular weight is 256 g/mol. The van der Waals surface area contributed by atoms with E-state index in [2.05, 4.69) is 52.0 Å². The minimum absolute atomic E-state index is 0.0764. The summed E-state index contributed by atoms with van der Waals surface area (Å²) in [5, 5.41) is 0. The van der Waals surface area contributed by atoms with Gasteiger partial charge in [-0.1, -0.05) is 50.6 Å². The van der Waals surface area contributed by atoms with E-state index >= 15 is 0 Å². The van der Waals surface area contributed by atoms with Crippen molar-refractivity contribution < 1.29 is 4.79 Å². The van der Waals surface area contributed by atoms with Gasteiger partial charge in [0.25, 0.3) is 0 Å². The Hall–Kier alpha value is -1.11. The molecule has 3 rings (SSSR count). The van der Waals surface area contributed by atoms with Crippen LogP contribution < -0.4 is 0 Å². The monoisotopic (exact) mass is 256 g/mol. The Kier molecular flexibility index (Phi) is 2.68. The summed E-state index contributed by atoms with van der Waals surface area (Å²) in [4.78, 5) is 12.8. The number of fused-ring (bicyclic) bond motifs is 2. The molecule has 0 amide bonds. The number of hydrogen-bond donors (Lipinski definition) is 0. The van der Waals surface area contributed by atoms with Gasteiger partial charge in [-0.3, -0.25) is 4.79 Å². The van der Waals surface area contributed by atoms with Crippen LogP contribution in [-0.4, -0.2) is 5.78 Å². The fourth-order valence-corrected chi connectivity index (χ4v) is 4.49. The molecule has 0 saturated heterocycles. The smallest absolute Gasteiger partial charge is 0.142 e. The maximum atomic E-state index is 12.8. The van der Waals surface area contributed by atoms with Gasteiger partial charge in [-0.05, 0) is 43.1 Å². The number of ketones is 1. The third-order valence-electron chi connectivity index (χ3n) is 6.25. The number of benzene rings is 1. The Bertz CT molecular complexity index is 511. The van der Waals surface area contributed by atoms with Crippen LogP contribution in [-0.2, 0) is 11.2 Å². The lowest BCUT2D eigenvalue weighted by Gasteiger charge is -2.32. The van der Waals surface area contributed by atoms with E-state index in [1.54, 1.807) is 0 Å². The van der Waals surface area contributed by atoms with Crippen molar-refractivity contribution in [3.8, 4) is 0 Å². The van der Waals surface area contributed by atoms with E-state index in [0.29, 0.717) is 11.7 Å². The molecule has 0 spiro atoms. The molecule has 1 aromatic rings. The zero-order chi connectivity index (χ0) is 13.8. The van der Waals surface area contributed by atoms with Crippen molar-refractivity contribution in [1.82, 2.24) is 0 Å². The molecule has 1 aromatic carbocycles. The molecule has 0 aromatic heterocycles. The molecule has 19 heavy (non-hydrogen) atoms. The number of carbonyl (C=O) groups excluding carboxylic acids is 1. The van der Waals surface area contributed by atoms with Crippen molar-refractivity contribution in [2.24, 2.45) is 22.7 Å². The third-order valence-corrected chi connectivity index (χ3v) is 6.25. The van der Waals surface area contributed by atoms with Crippen molar-refractivity contribution in [3.05, 3.63) is 35.4 Å². The summed E-state index contributed by atoms with van der Waals surface area (Å²) in [6.45, 7) is 8.91. The van der Waals surface area contributed by atoms with E-state index in [0.717, 1.165) is 12.8 Å². The highest BCUT2D eigenvalue weighted by molar-refractivity contribution is 5.91. The maximum absolute atomic E-state index is 12.8. The second-order valence-corrected chi connectivity index (χ2v) is 7.36. The number of rotatable bonds is 2. The Morgan fingerprint density at radius 3 is 2.32 bits per heavy atom. The standard InChI is InChI=1S/C18H24O/c1-12-5-7-13(8-6-12)11-14-15-9-10-18(4,16(14)19)17(15,2)3/h5-8,14-15H,9-11H2,1-4H3. The molecule has 0 aliphatic heterocycles. The van der Waals surface area contributed by atoms with E-state index < -0.39 is 0 Å². The summed E-state index contributed by atoms with van der Waals surface area (Å²) in [5.41, 5.74) is 2.71. The molecule has 1 heteroatoms. The summed E-state index contributed by atoms with van der Waals surface area (Å²) in [5.74, 6) is 1.34. The van der Waals surface area contributed by atoms with Crippen LogP contribution in [0.2, 0.25) is 0 Å². The Morgan fingerprint density at radius 2 is 1.79 bits per heavy atom. The van der Waals surface area contributed by atoms with E-state index in [1.807, 2.05) is 0 Å². The molecular formula is C18H24O. The molecule has 0 heterocycles. The average Bonchev–Trinajstić information content (AvgIpc) is 2.66. The number of aryl methyl sites for hydroxylation is 1. The van der Waals surface area contributed by atoms with Crippen LogP contribution in [0.5, 0.6) is 0 Å². The fourth-order valence-electron chi connectivity index (χ4n) is 4.49. The molecule has 2 bridgehead atoms. The molecule has 0 radical (unpaired) electrons. The van der Waals surface area contributed by atoms with Crippen molar-refractivity contribution in [1.29, 1.82) is 0 Å². The van der Waals surface area contributed by atoms with Crippen molar-refractivity contribution in [2.75, 3.05) is 0 Å². The predicted octanol–water partition coefficient (Wildman–Crippen LogP) is 4.18. The largest absolute Gasteiger partial charge is 0.299 e. The maximum Gasteiger partial charge on any atom is 0.142 e. The topological polar surface area (TPSA) is 17.1 Å². The van der Waals surface area contributed by atoms with Crippen molar-refractivity contribution in [3.63, 3.8) is 0 Å². The quantitative estimate of drug-likeness (QED) is 0.776. The van der Waals surface area contributed by atoms with Gasteiger partial charge in [0.05, 0.1) is 0 Å². The van der Waals surface area contributed by atoms with Crippen LogP contribution in [0.3, 0.4) is 0 Å². The van der Waals surface area contributed by atoms with E-state index in [-0.39, 0.29) is 16.7 Å². The molecular weight excluding hydrogens is 232 g/mol. The predicted molar refractivity (Wildman–Crippen MR) is 78.0 cm³/mol. The highest BCUT2D eigenvalue weighted by Gasteiger charge is 2.65. The fraction of sp³-hybridized carbons (Fsp3) is 0.611. The van der Waals surface area contributed by atoms with Crippen molar-refractivity contribution in [2.45, 2.75) is 47.0 Å². The van der Waals surface area contributed by atoms with Gasteiger partial charge in [-0.15, -0.1) is 0 Å². The lowest BCUT2D eigenvalue weighted by molar-refractivity contribution is -0.131. The van der Waals surface area contributed by atoms with Crippen LogP contribution >= 0.6 is 0 Å². The summed E-state index contributed by atoms with van der Waals surface area (Å²) in [6, 6.07) is 8.67. The van der Waals surface area contributed by atoms with Gasteiger partial charge in [0.15, 0.2) is 0 Å². The van der Waals surface area contributed by atoms with E-state index in [4.69, 9.17) is 0 Å². The lowest BCUT2D eigenvalue weighted by Crippen LogP contribution is -2.33. The van der Waals surface area contributed by atoms with Crippen molar-refractivity contribution >= 4 is 5.78 Å². The summed E-state index contributed by atoms with van der Waals surface area (Å²) in [6.07, 6.45) is 3.25. The molecule has 0 N–H and O–H groups in total. The van der Waals surface area contributed by atoms with Crippen LogP contribution in [0.25, 0.3) is 0 Å². The number of hydrogen-bond acceptors (Lipinski definition) is 1. The highest BCUT2D eigenvalue weighted by atomic mass is 16.1. The van der Waals surface area contributed by atoms with Crippen LogP contribution in [0.15, 0.2) is 24.3 Å². The highest BCUT2D eigenvalue weighted by Crippen LogP contribution is 2.66. The summed E-state index contributed by atoms with van der Waals surface area (Å²) >= 11 is 0. The molecule has 3 atom stereocenters. The van der Waals surface area contributed by atoms with Crippen LogP contribution in [0.1, 0.15) is 44.7 Å². The lowest BCUT2D eigenvalue weighted by atomic mass is 9.70. The minimum atomic E-state index is -0.0764. The second kappa shape index (κ2) is 3.94. The van der Waals surface area contributed by atoms with Gasteiger partial charge in [0.1, 0.15) is 5.78 Å². The first-order chi connectivity index (χ1) is 8.86. The Labute approximate surface area is 116 Å². The van der Waals surface area contributed by atoms with Gasteiger partial charge in [-0.2, -0.15) is 0 Å². The van der Waals surface area contributed by atoms with Gasteiger partial charge in [0, 0.05) is 11.3 Å². The zero-order valence-corrected chi connectivity index (χ0v) is 12.5. The third kappa shape index (κ3) is 1.63.